The van der Waals surface area contributed by atoms with Crippen LogP contribution in [0.5, 0.6) is 5.75 Å². The predicted octanol–water partition coefficient (Wildman–Crippen LogP) is 3.30. The number of hydrogen-bond acceptors (Lipinski definition) is 9. The standard InChI is InChI=1S/C32H49N3O6/c1-34(2)13-16-40-30-21-33-22-31(32(30)27-9-6-25(7-10-27)23-38-19-18-37-4)41-24-26-8-11-29-28(20-26)35(14-17-39-29)12-5-15-36-3/h6-11,20,30-33H,5,12-19,21-24H2,1-4H3/t30-,31+,32+/m1/s1. The maximum atomic E-state index is 6.67. The molecular weight excluding hydrogens is 522 g/mol. The molecule has 0 radical (unpaired) electrons. The fraction of sp³-hybridized carbons (Fsp3) is 0.625. The molecule has 9 nitrogen and oxygen atoms in total. The Morgan fingerprint density at radius 2 is 1.63 bits per heavy atom. The Bertz CT molecular complexity index is 1020. The third-order valence-electron chi connectivity index (χ3n) is 7.65. The lowest BCUT2D eigenvalue weighted by atomic mass is 9.85. The molecule has 2 heterocycles. The van der Waals surface area contributed by atoms with E-state index in [-0.39, 0.29) is 18.1 Å². The van der Waals surface area contributed by atoms with Crippen LogP contribution in [0.2, 0.25) is 0 Å². The zero-order valence-corrected chi connectivity index (χ0v) is 25.3. The summed E-state index contributed by atoms with van der Waals surface area (Å²) >= 11 is 0. The normalized spacial score (nSPS) is 20.7. The van der Waals surface area contributed by atoms with E-state index in [0.29, 0.717) is 39.6 Å². The topological polar surface area (TPSA) is 73.9 Å². The number of fused-ring (bicyclic) bond motifs is 1. The Labute approximate surface area is 246 Å². The third-order valence-corrected chi connectivity index (χ3v) is 7.65. The van der Waals surface area contributed by atoms with Crippen LogP contribution in [-0.2, 0) is 36.9 Å². The van der Waals surface area contributed by atoms with Crippen molar-refractivity contribution in [3.63, 3.8) is 0 Å². The van der Waals surface area contributed by atoms with Crippen molar-refractivity contribution in [1.29, 1.82) is 0 Å². The summed E-state index contributed by atoms with van der Waals surface area (Å²) in [5.41, 5.74) is 4.66. The zero-order chi connectivity index (χ0) is 28.9. The minimum atomic E-state index is -0.0259. The summed E-state index contributed by atoms with van der Waals surface area (Å²) in [4.78, 5) is 4.54. The van der Waals surface area contributed by atoms with Crippen LogP contribution in [0.4, 0.5) is 5.69 Å². The van der Waals surface area contributed by atoms with Gasteiger partial charge in [-0.2, -0.15) is 0 Å². The first-order valence-electron chi connectivity index (χ1n) is 14.8. The monoisotopic (exact) mass is 571 g/mol. The summed E-state index contributed by atoms with van der Waals surface area (Å²) in [5.74, 6) is 1.06. The fourth-order valence-electron chi connectivity index (χ4n) is 5.41. The van der Waals surface area contributed by atoms with E-state index >= 15 is 0 Å². The molecule has 228 valence electrons. The molecule has 1 fully saturated rings. The van der Waals surface area contributed by atoms with Crippen LogP contribution in [-0.4, -0.2) is 111 Å². The van der Waals surface area contributed by atoms with Crippen LogP contribution >= 0.6 is 0 Å². The van der Waals surface area contributed by atoms with Crippen molar-refractivity contribution in [3.05, 3.63) is 59.2 Å². The Balaban J connectivity index is 1.45. The lowest BCUT2D eigenvalue weighted by Crippen LogP contribution is -2.51. The van der Waals surface area contributed by atoms with E-state index in [4.69, 9.17) is 28.4 Å². The SMILES string of the molecule is COCCCN1CCOc2ccc(CO[C@H]3CNC[C@@H](OCCN(C)C)[C@@H]3c3ccc(COCCOC)cc3)cc21. The van der Waals surface area contributed by atoms with Gasteiger partial charge >= 0.3 is 0 Å². The first-order chi connectivity index (χ1) is 20.1. The summed E-state index contributed by atoms with van der Waals surface area (Å²) in [6.07, 6.45) is 0.979. The molecule has 0 aliphatic carbocycles. The molecule has 0 unspecified atom stereocenters. The summed E-state index contributed by atoms with van der Waals surface area (Å²) in [5, 5.41) is 3.56. The number of methoxy groups -OCH3 is 2. The van der Waals surface area contributed by atoms with Crippen molar-refractivity contribution >= 4 is 5.69 Å². The van der Waals surface area contributed by atoms with E-state index in [2.05, 4.69) is 71.7 Å². The molecule has 1 saturated heterocycles. The van der Waals surface area contributed by atoms with Gasteiger partial charge in [-0.25, -0.2) is 0 Å². The third kappa shape index (κ3) is 9.64. The van der Waals surface area contributed by atoms with Crippen molar-refractivity contribution in [2.24, 2.45) is 0 Å². The average molecular weight is 572 g/mol. The van der Waals surface area contributed by atoms with Crippen LogP contribution in [0.25, 0.3) is 0 Å². The number of rotatable bonds is 17. The molecule has 0 aromatic heterocycles. The highest BCUT2D eigenvalue weighted by Gasteiger charge is 2.36. The van der Waals surface area contributed by atoms with Crippen LogP contribution in [0.1, 0.15) is 29.0 Å². The molecule has 0 bridgehead atoms. The second-order valence-electron chi connectivity index (χ2n) is 11.0. The number of nitrogens with zero attached hydrogens (tertiary/aromatic N) is 2. The number of hydrogen-bond donors (Lipinski definition) is 1. The molecule has 1 N–H and O–H groups in total. The van der Waals surface area contributed by atoms with Crippen LogP contribution < -0.4 is 15.0 Å². The first kappa shape index (κ1) is 31.7. The van der Waals surface area contributed by atoms with E-state index in [1.54, 1.807) is 14.2 Å². The highest BCUT2D eigenvalue weighted by molar-refractivity contribution is 5.61. The van der Waals surface area contributed by atoms with Gasteiger partial charge in [0.05, 0.1) is 57.5 Å². The lowest BCUT2D eigenvalue weighted by Gasteiger charge is -2.39. The molecule has 9 heteroatoms. The lowest BCUT2D eigenvalue weighted by molar-refractivity contribution is -0.0616. The number of likely N-dealkylation sites (N-methyl/N-ethyl adjacent to an activating group) is 1. The molecule has 3 atom stereocenters. The molecule has 0 spiro atoms. The van der Waals surface area contributed by atoms with Crippen LogP contribution in [0.15, 0.2) is 42.5 Å². The minimum Gasteiger partial charge on any atom is -0.490 e. The molecule has 0 amide bonds. The molecule has 4 rings (SSSR count). The summed E-state index contributed by atoms with van der Waals surface area (Å²) < 4.78 is 35.1. The fourth-order valence-corrected chi connectivity index (χ4v) is 5.41. The van der Waals surface area contributed by atoms with Crippen LogP contribution in [0, 0.1) is 0 Å². The van der Waals surface area contributed by atoms with Gasteiger partial charge in [0.25, 0.3) is 0 Å². The minimum absolute atomic E-state index is 0.0192. The van der Waals surface area contributed by atoms with Gasteiger partial charge in [-0.3, -0.25) is 0 Å². The van der Waals surface area contributed by atoms with Crippen molar-refractivity contribution in [2.45, 2.75) is 37.8 Å². The summed E-state index contributed by atoms with van der Waals surface area (Å²) in [6, 6.07) is 15.1. The van der Waals surface area contributed by atoms with Gasteiger partial charge in [0.2, 0.25) is 0 Å². The average Bonchev–Trinajstić information content (AvgIpc) is 2.99. The Morgan fingerprint density at radius 1 is 0.878 bits per heavy atom. The first-order valence-corrected chi connectivity index (χ1v) is 14.8. The van der Waals surface area contributed by atoms with Gasteiger partial charge in [-0.15, -0.1) is 0 Å². The van der Waals surface area contributed by atoms with Crippen molar-refractivity contribution in [2.75, 3.05) is 99.0 Å². The van der Waals surface area contributed by atoms with Gasteiger partial charge in [-0.1, -0.05) is 30.3 Å². The second kappa shape index (κ2) is 17.0. The molecule has 2 aromatic carbocycles. The van der Waals surface area contributed by atoms with Crippen LogP contribution in [0.3, 0.4) is 0 Å². The van der Waals surface area contributed by atoms with E-state index in [0.717, 1.165) is 68.3 Å². The maximum Gasteiger partial charge on any atom is 0.142 e. The predicted molar refractivity (Wildman–Crippen MR) is 161 cm³/mol. The second-order valence-corrected chi connectivity index (χ2v) is 11.0. The number of nitrogens with one attached hydrogen (secondary N) is 1. The van der Waals surface area contributed by atoms with Gasteiger partial charge in [-0.05, 0) is 49.3 Å². The molecule has 2 aromatic rings. The Morgan fingerprint density at radius 3 is 2.39 bits per heavy atom. The number of anilines is 1. The van der Waals surface area contributed by atoms with E-state index in [9.17, 15) is 0 Å². The molecule has 2 aliphatic rings. The summed E-state index contributed by atoms with van der Waals surface area (Å²) in [6.45, 7) is 8.71. The quantitative estimate of drug-likeness (QED) is 0.288. The number of benzene rings is 2. The van der Waals surface area contributed by atoms with Crippen molar-refractivity contribution in [3.8, 4) is 5.75 Å². The van der Waals surface area contributed by atoms with Gasteiger partial charge in [0.1, 0.15) is 12.4 Å². The molecule has 2 aliphatic heterocycles. The maximum absolute atomic E-state index is 6.67. The smallest absolute Gasteiger partial charge is 0.142 e. The van der Waals surface area contributed by atoms with E-state index in [1.165, 1.54) is 5.56 Å². The van der Waals surface area contributed by atoms with Gasteiger partial charge in [0.15, 0.2) is 0 Å². The number of piperidine rings is 1. The van der Waals surface area contributed by atoms with E-state index < -0.39 is 0 Å². The van der Waals surface area contributed by atoms with Crippen molar-refractivity contribution in [1.82, 2.24) is 10.2 Å². The highest BCUT2D eigenvalue weighted by atomic mass is 16.5. The van der Waals surface area contributed by atoms with E-state index in [1.807, 2.05) is 0 Å². The number of ether oxygens (including phenoxy) is 6. The van der Waals surface area contributed by atoms with Gasteiger partial charge < -0.3 is 43.5 Å². The molecular formula is C32H49N3O6. The van der Waals surface area contributed by atoms with Crippen molar-refractivity contribution < 1.29 is 28.4 Å². The summed E-state index contributed by atoms with van der Waals surface area (Å²) in [7, 11) is 7.58. The Hall–Kier alpha value is -2.24. The zero-order valence-electron chi connectivity index (χ0n) is 25.3. The largest absolute Gasteiger partial charge is 0.490 e. The molecule has 0 saturated carbocycles. The Kier molecular flexibility index (Phi) is 13.2. The van der Waals surface area contributed by atoms with Gasteiger partial charge in [0, 0.05) is 52.9 Å². The molecule has 41 heavy (non-hydrogen) atoms. The highest BCUT2D eigenvalue weighted by Crippen LogP contribution is 2.34.